The van der Waals surface area contributed by atoms with E-state index in [4.69, 9.17) is 12.2 Å². The molecule has 0 atom stereocenters. The van der Waals surface area contributed by atoms with E-state index in [0.29, 0.717) is 27.9 Å². The van der Waals surface area contributed by atoms with Crippen LogP contribution in [-0.4, -0.2) is 31.7 Å². The number of thiocarbonyl (C=S) groups is 1. The largest absolute Gasteiger partial charge is 0.508 e. The summed E-state index contributed by atoms with van der Waals surface area (Å²) in [6.45, 7) is 4.54. The van der Waals surface area contributed by atoms with Gasteiger partial charge < -0.3 is 21.1 Å². The van der Waals surface area contributed by atoms with Crippen LogP contribution in [-0.2, 0) is 0 Å². The number of nitrogens with one attached hydrogen (secondary N) is 3. The van der Waals surface area contributed by atoms with Crippen molar-refractivity contribution < 1.29 is 5.11 Å². The molecule has 0 radical (unpaired) electrons. The number of phenolic OH excluding ortho intramolecular Hbond substituents is 1. The van der Waals surface area contributed by atoms with Gasteiger partial charge in [0.25, 0.3) is 0 Å². The van der Waals surface area contributed by atoms with Crippen molar-refractivity contribution in [2.24, 2.45) is 0 Å². The Morgan fingerprint density at radius 3 is 2.72 bits per heavy atom. The molecule has 8 heteroatoms. The molecule has 25 heavy (non-hydrogen) atoms. The van der Waals surface area contributed by atoms with Crippen molar-refractivity contribution in [3.8, 4) is 5.75 Å². The molecule has 0 unspecified atom stereocenters. The van der Waals surface area contributed by atoms with Crippen LogP contribution in [0.2, 0.25) is 0 Å². The van der Waals surface area contributed by atoms with Crippen LogP contribution >= 0.6 is 12.2 Å². The highest BCUT2D eigenvalue weighted by atomic mass is 32.1. The van der Waals surface area contributed by atoms with Crippen LogP contribution in [0, 0.1) is 6.92 Å². The van der Waals surface area contributed by atoms with E-state index in [1.165, 1.54) is 0 Å². The number of hydrogen-bond donors (Lipinski definition) is 4. The Labute approximate surface area is 150 Å². The zero-order valence-electron chi connectivity index (χ0n) is 13.9. The lowest BCUT2D eigenvalue weighted by molar-refractivity contribution is 0.471. The Morgan fingerprint density at radius 2 is 1.96 bits per heavy atom. The van der Waals surface area contributed by atoms with Gasteiger partial charge >= 0.3 is 0 Å². The standard InChI is InChI=1S/C17H18N6OS/c1-3-18-17(25)23-14-7-5-12-16(21-14)22-15(9-19-12)20-11-4-6-13(24)10(2)8-11/h4-9,24H,3H2,1-2H3,(H3,18,20,21,22,23,25). The predicted octanol–water partition coefficient (Wildman–Crippen LogP) is 3.09. The van der Waals surface area contributed by atoms with Gasteiger partial charge in [0.2, 0.25) is 0 Å². The van der Waals surface area contributed by atoms with Gasteiger partial charge in [0.15, 0.2) is 16.6 Å². The van der Waals surface area contributed by atoms with Gasteiger partial charge in [-0.15, -0.1) is 0 Å². The van der Waals surface area contributed by atoms with Crippen LogP contribution in [0.15, 0.2) is 36.5 Å². The van der Waals surface area contributed by atoms with Gasteiger partial charge in [-0.05, 0) is 62.0 Å². The second-order valence-corrected chi connectivity index (χ2v) is 5.81. The van der Waals surface area contributed by atoms with E-state index in [2.05, 4.69) is 30.9 Å². The summed E-state index contributed by atoms with van der Waals surface area (Å²) in [6.07, 6.45) is 1.64. The van der Waals surface area contributed by atoms with Crippen LogP contribution in [0.3, 0.4) is 0 Å². The Hall–Kier alpha value is -3.00. The quantitative estimate of drug-likeness (QED) is 0.419. The molecule has 4 N–H and O–H groups in total. The van der Waals surface area contributed by atoms with Crippen LogP contribution in [0.5, 0.6) is 5.75 Å². The minimum atomic E-state index is 0.254. The summed E-state index contributed by atoms with van der Waals surface area (Å²) in [5.41, 5.74) is 2.78. The Balaban J connectivity index is 1.84. The number of benzene rings is 1. The predicted molar refractivity (Wildman–Crippen MR) is 103 cm³/mol. The fourth-order valence-electron chi connectivity index (χ4n) is 2.23. The fraction of sp³-hybridized carbons (Fsp3) is 0.176. The molecule has 1 aromatic carbocycles. The molecule has 0 aliphatic carbocycles. The van der Waals surface area contributed by atoms with Crippen molar-refractivity contribution in [2.75, 3.05) is 17.2 Å². The summed E-state index contributed by atoms with van der Waals surface area (Å²) in [6, 6.07) is 8.88. The first-order valence-electron chi connectivity index (χ1n) is 7.80. The second-order valence-electron chi connectivity index (χ2n) is 5.41. The third kappa shape index (κ3) is 4.10. The zero-order valence-corrected chi connectivity index (χ0v) is 14.7. The van der Waals surface area contributed by atoms with Crippen LogP contribution in [0.25, 0.3) is 11.2 Å². The van der Waals surface area contributed by atoms with Crippen molar-refractivity contribution in [1.29, 1.82) is 0 Å². The SMILES string of the molecule is CCNC(=S)Nc1ccc2ncc(Nc3ccc(O)c(C)c3)nc2n1. The summed E-state index contributed by atoms with van der Waals surface area (Å²) in [7, 11) is 0. The van der Waals surface area contributed by atoms with Crippen molar-refractivity contribution in [3.63, 3.8) is 0 Å². The molecule has 3 rings (SSSR count). The Morgan fingerprint density at radius 1 is 1.16 bits per heavy atom. The third-order valence-corrected chi connectivity index (χ3v) is 3.70. The minimum absolute atomic E-state index is 0.254. The first kappa shape index (κ1) is 16.8. The lowest BCUT2D eigenvalue weighted by atomic mass is 10.2. The van der Waals surface area contributed by atoms with E-state index >= 15 is 0 Å². The van der Waals surface area contributed by atoms with E-state index in [0.717, 1.165) is 17.8 Å². The van der Waals surface area contributed by atoms with Gasteiger partial charge in [-0.2, -0.15) is 0 Å². The maximum absolute atomic E-state index is 9.60. The molecule has 0 spiro atoms. The monoisotopic (exact) mass is 354 g/mol. The molecule has 0 amide bonds. The second kappa shape index (κ2) is 7.27. The molecule has 128 valence electrons. The van der Waals surface area contributed by atoms with E-state index in [9.17, 15) is 5.11 Å². The molecule has 2 heterocycles. The maximum atomic E-state index is 9.60. The van der Waals surface area contributed by atoms with Gasteiger partial charge in [-0.25, -0.2) is 15.0 Å². The number of aromatic hydroxyl groups is 1. The average Bonchev–Trinajstić information content (AvgIpc) is 2.58. The van der Waals surface area contributed by atoms with Crippen LogP contribution in [0.4, 0.5) is 17.3 Å². The molecular weight excluding hydrogens is 336 g/mol. The highest BCUT2D eigenvalue weighted by Crippen LogP contribution is 2.23. The lowest BCUT2D eigenvalue weighted by Gasteiger charge is -2.10. The van der Waals surface area contributed by atoms with Gasteiger partial charge in [0, 0.05) is 12.2 Å². The number of aryl methyl sites for hydroxylation is 1. The summed E-state index contributed by atoms with van der Waals surface area (Å²) >= 11 is 5.16. The normalized spacial score (nSPS) is 10.5. The molecule has 0 saturated heterocycles. The number of rotatable bonds is 4. The van der Waals surface area contributed by atoms with Crippen molar-refractivity contribution in [2.45, 2.75) is 13.8 Å². The number of pyridine rings is 1. The number of hydrogen-bond acceptors (Lipinski definition) is 6. The first-order valence-corrected chi connectivity index (χ1v) is 8.21. The van der Waals surface area contributed by atoms with Crippen molar-refractivity contribution >= 4 is 45.8 Å². The summed E-state index contributed by atoms with van der Waals surface area (Å²) in [5, 5.41) is 19.3. The molecule has 0 bridgehead atoms. The van der Waals surface area contributed by atoms with Gasteiger partial charge in [-0.3, -0.25) is 0 Å². The topological polar surface area (TPSA) is 95.0 Å². The number of fused-ring (bicyclic) bond motifs is 1. The first-order chi connectivity index (χ1) is 12.0. The molecule has 2 aromatic heterocycles. The number of nitrogens with zero attached hydrogens (tertiary/aromatic N) is 3. The summed E-state index contributed by atoms with van der Waals surface area (Å²) in [5.74, 6) is 1.42. The molecule has 0 fully saturated rings. The van der Waals surface area contributed by atoms with E-state index in [1.807, 2.05) is 26.0 Å². The molecule has 0 saturated carbocycles. The van der Waals surface area contributed by atoms with E-state index in [-0.39, 0.29) is 5.75 Å². The number of aromatic nitrogens is 3. The number of anilines is 3. The van der Waals surface area contributed by atoms with E-state index < -0.39 is 0 Å². The van der Waals surface area contributed by atoms with Crippen LogP contribution < -0.4 is 16.0 Å². The Kier molecular flexibility index (Phi) is 4.90. The molecule has 7 nitrogen and oxygen atoms in total. The lowest BCUT2D eigenvalue weighted by Crippen LogP contribution is -2.28. The minimum Gasteiger partial charge on any atom is -0.508 e. The van der Waals surface area contributed by atoms with Crippen molar-refractivity contribution in [3.05, 3.63) is 42.1 Å². The van der Waals surface area contributed by atoms with Crippen LogP contribution in [0.1, 0.15) is 12.5 Å². The van der Waals surface area contributed by atoms with Gasteiger partial charge in [0.05, 0.1) is 6.20 Å². The zero-order chi connectivity index (χ0) is 17.8. The van der Waals surface area contributed by atoms with Crippen molar-refractivity contribution in [1.82, 2.24) is 20.3 Å². The Bertz CT molecular complexity index is 930. The maximum Gasteiger partial charge on any atom is 0.182 e. The molecule has 3 aromatic rings. The average molecular weight is 354 g/mol. The highest BCUT2D eigenvalue weighted by Gasteiger charge is 2.05. The van der Waals surface area contributed by atoms with Gasteiger partial charge in [-0.1, -0.05) is 0 Å². The molecule has 0 aliphatic heterocycles. The van der Waals surface area contributed by atoms with E-state index in [1.54, 1.807) is 24.4 Å². The molecule has 0 aliphatic rings. The summed E-state index contributed by atoms with van der Waals surface area (Å²) in [4.78, 5) is 13.3. The molecular formula is C17H18N6OS. The summed E-state index contributed by atoms with van der Waals surface area (Å²) < 4.78 is 0. The highest BCUT2D eigenvalue weighted by molar-refractivity contribution is 7.80. The van der Waals surface area contributed by atoms with Gasteiger partial charge in [0.1, 0.15) is 17.1 Å². The fourth-order valence-corrected chi connectivity index (χ4v) is 2.48. The third-order valence-electron chi connectivity index (χ3n) is 3.45. The number of phenols is 1. The smallest absolute Gasteiger partial charge is 0.182 e.